The lowest BCUT2D eigenvalue weighted by atomic mass is 10.1. The second-order valence-electron chi connectivity index (χ2n) is 5.55. The summed E-state index contributed by atoms with van der Waals surface area (Å²) in [4.78, 5) is 10.2. The SMILES string of the molecule is CCCCC/C=C\C[C@@H](O)/C=C/C=C\C/C=C\CCCC(=O)[O-]. The van der Waals surface area contributed by atoms with E-state index in [1.807, 2.05) is 36.5 Å². The molecular formula is C20H31O3-. The molecule has 0 aliphatic heterocycles. The van der Waals surface area contributed by atoms with E-state index >= 15 is 0 Å². The number of carboxylic acid groups (broad SMARTS) is 1. The summed E-state index contributed by atoms with van der Waals surface area (Å²) in [6, 6.07) is 0. The lowest BCUT2D eigenvalue weighted by Crippen LogP contribution is -2.21. The molecule has 0 fully saturated rings. The van der Waals surface area contributed by atoms with E-state index in [0.717, 1.165) is 19.3 Å². The third kappa shape index (κ3) is 18.3. The highest BCUT2D eigenvalue weighted by Gasteiger charge is 1.93. The van der Waals surface area contributed by atoms with Crippen molar-refractivity contribution in [1.29, 1.82) is 0 Å². The number of rotatable bonds is 14. The molecule has 23 heavy (non-hydrogen) atoms. The molecule has 0 aliphatic rings. The Morgan fingerprint density at radius 3 is 2.48 bits per heavy atom. The zero-order valence-electron chi connectivity index (χ0n) is 14.3. The van der Waals surface area contributed by atoms with Gasteiger partial charge in [-0.15, -0.1) is 0 Å². The molecule has 0 aromatic heterocycles. The molecule has 0 rings (SSSR count). The van der Waals surface area contributed by atoms with Crippen molar-refractivity contribution in [3.8, 4) is 0 Å². The smallest absolute Gasteiger partial charge is 0.0758 e. The van der Waals surface area contributed by atoms with Crippen molar-refractivity contribution in [3.05, 3.63) is 48.6 Å². The summed E-state index contributed by atoms with van der Waals surface area (Å²) in [5.41, 5.74) is 0. The minimum Gasteiger partial charge on any atom is -0.550 e. The number of carbonyl (C=O) groups excluding carboxylic acids is 1. The van der Waals surface area contributed by atoms with Gasteiger partial charge < -0.3 is 15.0 Å². The van der Waals surface area contributed by atoms with Gasteiger partial charge in [0, 0.05) is 5.97 Å². The predicted molar refractivity (Wildman–Crippen MR) is 94.8 cm³/mol. The van der Waals surface area contributed by atoms with E-state index in [9.17, 15) is 15.0 Å². The van der Waals surface area contributed by atoms with E-state index in [1.165, 1.54) is 19.3 Å². The summed E-state index contributed by atoms with van der Waals surface area (Å²) in [7, 11) is 0. The van der Waals surface area contributed by atoms with Gasteiger partial charge in [0.15, 0.2) is 0 Å². The Kier molecular flexibility index (Phi) is 15.6. The van der Waals surface area contributed by atoms with Gasteiger partial charge in [0.1, 0.15) is 0 Å². The number of aliphatic carboxylic acids is 1. The van der Waals surface area contributed by atoms with Gasteiger partial charge in [0.05, 0.1) is 6.10 Å². The van der Waals surface area contributed by atoms with E-state index in [2.05, 4.69) is 13.0 Å². The molecule has 0 spiro atoms. The van der Waals surface area contributed by atoms with E-state index in [1.54, 1.807) is 6.08 Å². The highest BCUT2D eigenvalue weighted by Crippen LogP contribution is 2.02. The van der Waals surface area contributed by atoms with Crippen molar-refractivity contribution in [2.45, 2.75) is 70.8 Å². The molecular weight excluding hydrogens is 288 g/mol. The Bertz CT molecular complexity index is 392. The van der Waals surface area contributed by atoms with Crippen LogP contribution in [0.4, 0.5) is 0 Å². The Morgan fingerprint density at radius 2 is 1.74 bits per heavy atom. The molecule has 0 heterocycles. The number of carbonyl (C=O) groups is 1. The van der Waals surface area contributed by atoms with Crippen LogP contribution in [0.1, 0.15) is 64.7 Å². The number of hydrogen-bond acceptors (Lipinski definition) is 3. The van der Waals surface area contributed by atoms with Crippen LogP contribution in [0, 0.1) is 0 Å². The van der Waals surface area contributed by atoms with Crippen LogP contribution in [-0.2, 0) is 4.79 Å². The maximum absolute atomic E-state index is 10.2. The lowest BCUT2D eigenvalue weighted by Gasteiger charge is -1.99. The van der Waals surface area contributed by atoms with E-state index < -0.39 is 12.1 Å². The van der Waals surface area contributed by atoms with Crippen molar-refractivity contribution < 1.29 is 15.0 Å². The van der Waals surface area contributed by atoms with Gasteiger partial charge in [-0.05, 0) is 44.9 Å². The van der Waals surface area contributed by atoms with Gasteiger partial charge in [-0.2, -0.15) is 0 Å². The van der Waals surface area contributed by atoms with E-state index in [4.69, 9.17) is 0 Å². The summed E-state index contributed by atoms with van der Waals surface area (Å²) >= 11 is 0. The summed E-state index contributed by atoms with van der Waals surface area (Å²) in [6.45, 7) is 2.19. The third-order valence-corrected chi connectivity index (χ3v) is 3.29. The van der Waals surface area contributed by atoms with Gasteiger partial charge in [0.25, 0.3) is 0 Å². The largest absolute Gasteiger partial charge is 0.550 e. The van der Waals surface area contributed by atoms with Crippen LogP contribution in [0.5, 0.6) is 0 Å². The highest BCUT2D eigenvalue weighted by atomic mass is 16.4. The standard InChI is InChI=1S/C20H32O3/c1-2-3-4-5-10-13-16-19(21)17-14-11-8-6-7-9-12-15-18-20(22)23/h7-11,13-14,17,19,21H,2-6,12,15-16,18H2,1H3,(H,22,23)/p-1/b9-7-,11-8-,13-10-,17-14+/t19-/m1/s1. The summed E-state index contributed by atoms with van der Waals surface area (Å²) < 4.78 is 0. The van der Waals surface area contributed by atoms with Gasteiger partial charge >= 0.3 is 0 Å². The maximum atomic E-state index is 10.2. The molecule has 0 bridgehead atoms. The number of allylic oxidation sites excluding steroid dienone is 6. The Labute approximate surface area is 141 Å². The van der Waals surface area contributed by atoms with Crippen LogP contribution in [0.2, 0.25) is 0 Å². The Balaban J connectivity index is 3.62. The Morgan fingerprint density at radius 1 is 1.00 bits per heavy atom. The molecule has 3 heteroatoms. The van der Waals surface area contributed by atoms with Crippen LogP contribution >= 0.6 is 0 Å². The fraction of sp³-hybridized carbons (Fsp3) is 0.550. The quantitative estimate of drug-likeness (QED) is 0.300. The zero-order valence-corrected chi connectivity index (χ0v) is 14.3. The van der Waals surface area contributed by atoms with Crippen molar-refractivity contribution in [2.75, 3.05) is 0 Å². The highest BCUT2D eigenvalue weighted by molar-refractivity contribution is 5.64. The number of carboxylic acids is 1. The first kappa shape index (κ1) is 21.4. The average Bonchev–Trinajstić information content (AvgIpc) is 2.52. The van der Waals surface area contributed by atoms with Crippen LogP contribution in [0.3, 0.4) is 0 Å². The molecule has 0 radical (unpaired) electrons. The lowest BCUT2D eigenvalue weighted by molar-refractivity contribution is -0.305. The average molecular weight is 319 g/mol. The molecule has 130 valence electrons. The van der Waals surface area contributed by atoms with Gasteiger partial charge in [-0.1, -0.05) is 68.4 Å². The number of aliphatic hydroxyl groups excluding tert-OH is 1. The molecule has 0 amide bonds. The van der Waals surface area contributed by atoms with E-state index in [-0.39, 0.29) is 6.42 Å². The van der Waals surface area contributed by atoms with Crippen LogP contribution < -0.4 is 5.11 Å². The fourth-order valence-electron chi connectivity index (χ4n) is 1.95. The number of hydrogen-bond donors (Lipinski definition) is 1. The molecule has 0 aromatic rings. The molecule has 0 aliphatic carbocycles. The first-order valence-corrected chi connectivity index (χ1v) is 8.68. The van der Waals surface area contributed by atoms with Crippen molar-refractivity contribution >= 4 is 5.97 Å². The number of unbranched alkanes of at least 4 members (excludes halogenated alkanes) is 4. The normalized spacial score (nSPS) is 13.8. The first-order valence-electron chi connectivity index (χ1n) is 8.68. The topological polar surface area (TPSA) is 60.4 Å². The molecule has 0 unspecified atom stereocenters. The molecule has 0 aromatic carbocycles. The molecule has 1 atom stereocenters. The second-order valence-corrected chi connectivity index (χ2v) is 5.55. The minimum atomic E-state index is -0.988. The second kappa shape index (κ2) is 16.8. The van der Waals surface area contributed by atoms with Crippen LogP contribution in [-0.4, -0.2) is 17.2 Å². The van der Waals surface area contributed by atoms with Crippen LogP contribution in [0.15, 0.2) is 48.6 Å². The number of aliphatic hydroxyl groups is 1. The monoisotopic (exact) mass is 319 g/mol. The van der Waals surface area contributed by atoms with Crippen molar-refractivity contribution in [1.82, 2.24) is 0 Å². The predicted octanol–water partition coefficient (Wildman–Crippen LogP) is 3.85. The van der Waals surface area contributed by atoms with Crippen molar-refractivity contribution in [3.63, 3.8) is 0 Å². The fourth-order valence-corrected chi connectivity index (χ4v) is 1.95. The summed E-state index contributed by atoms with van der Waals surface area (Å²) in [5, 5.41) is 20.0. The molecule has 1 N–H and O–H groups in total. The van der Waals surface area contributed by atoms with Gasteiger partial charge in [0.2, 0.25) is 0 Å². The van der Waals surface area contributed by atoms with Crippen molar-refractivity contribution in [2.24, 2.45) is 0 Å². The summed E-state index contributed by atoms with van der Waals surface area (Å²) in [5.74, 6) is -0.988. The van der Waals surface area contributed by atoms with Gasteiger partial charge in [-0.25, -0.2) is 0 Å². The maximum Gasteiger partial charge on any atom is 0.0758 e. The summed E-state index contributed by atoms with van der Waals surface area (Å²) in [6.07, 6.45) is 23.1. The zero-order chi connectivity index (χ0) is 17.2. The first-order chi connectivity index (χ1) is 11.2. The molecule has 0 saturated heterocycles. The Hall–Kier alpha value is -1.61. The van der Waals surface area contributed by atoms with Crippen LogP contribution in [0.25, 0.3) is 0 Å². The van der Waals surface area contributed by atoms with E-state index in [0.29, 0.717) is 12.8 Å². The molecule has 0 saturated carbocycles. The molecule has 3 nitrogen and oxygen atoms in total. The third-order valence-electron chi connectivity index (χ3n) is 3.29. The minimum absolute atomic E-state index is 0.119. The van der Waals surface area contributed by atoms with Gasteiger partial charge in [-0.3, -0.25) is 0 Å².